The Morgan fingerprint density at radius 3 is 2.71 bits per heavy atom. The topological polar surface area (TPSA) is 73.9 Å². The molecule has 1 N–H and O–H groups in total. The molecule has 2 aromatic carbocycles. The van der Waals surface area contributed by atoms with Gasteiger partial charge in [0.05, 0.1) is 0 Å². The van der Waals surface area contributed by atoms with Crippen molar-refractivity contribution in [2.24, 2.45) is 0 Å². The average Bonchev–Trinajstić information content (AvgIpc) is 2.68. The van der Waals surface area contributed by atoms with Crippen LogP contribution in [0.3, 0.4) is 0 Å². The fraction of sp³-hybridized carbons (Fsp3) is 0.200. The first-order chi connectivity index (χ1) is 13.4. The number of carbonyl (C=O) groups excluding carboxylic acids is 2. The maximum Gasteiger partial charge on any atom is 0.331 e. The molecule has 0 aromatic heterocycles. The molecule has 0 bridgehead atoms. The predicted molar refractivity (Wildman–Crippen MR) is 105 cm³/mol. The first-order valence-electron chi connectivity index (χ1n) is 8.46. The van der Waals surface area contributed by atoms with Gasteiger partial charge in [-0.15, -0.1) is 0 Å². The minimum Gasteiger partial charge on any atom is -0.486 e. The van der Waals surface area contributed by atoms with Crippen molar-refractivity contribution in [3.05, 3.63) is 58.3 Å². The van der Waals surface area contributed by atoms with E-state index in [2.05, 4.69) is 21.2 Å². The second-order valence-electron chi connectivity index (χ2n) is 5.93. The number of hydrogen-bond donors (Lipinski definition) is 1. The van der Waals surface area contributed by atoms with E-state index in [-0.39, 0.29) is 5.56 Å². The SMILES string of the molecule is CC(OC(=O)/C=C/c1cc(Br)ccc1F)C(=O)Nc1ccc2c(c1)OCCO2. The standard InChI is InChI=1S/C20H17BrFNO5/c1-12(28-19(24)7-2-13-10-14(21)3-5-16(13)22)20(25)23-15-4-6-17-18(11-15)27-9-8-26-17/h2-7,10-12H,8-9H2,1H3,(H,23,25)/b7-2+. The van der Waals surface area contributed by atoms with Gasteiger partial charge >= 0.3 is 5.97 Å². The zero-order valence-corrected chi connectivity index (χ0v) is 16.5. The monoisotopic (exact) mass is 449 g/mol. The lowest BCUT2D eigenvalue weighted by atomic mass is 10.2. The van der Waals surface area contributed by atoms with Crippen LogP contribution in [0.15, 0.2) is 46.9 Å². The third kappa shape index (κ3) is 5.10. The highest BCUT2D eigenvalue weighted by Crippen LogP contribution is 2.32. The van der Waals surface area contributed by atoms with Crippen molar-refractivity contribution in [1.82, 2.24) is 0 Å². The fourth-order valence-corrected chi connectivity index (χ4v) is 2.81. The molecule has 1 heterocycles. The van der Waals surface area contributed by atoms with Gasteiger partial charge in [0.15, 0.2) is 17.6 Å². The van der Waals surface area contributed by atoms with E-state index in [1.165, 1.54) is 25.1 Å². The first kappa shape index (κ1) is 19.9. The lowest BCUT2D eigenvalue weighted by Crippen LogP contribution is -2.29. The third-order valence-corrected chi connectivity index (χ3v) is 4.32. The highest BCUT2D eigenvalue weighted by molar-refractivity contribution is 9.10. The molecular weight excluding hydrogens is 433 g/mol. The quantitative estimate of drug-likeness (QED) is 0.552. The highest BCUT2D eigenvalue weighted by Gasteiger charge is 2.18. The molecule has 6 nitrogen and oxygen atoms in total. The van der Waals surface area contributed by atoms with Crippen LogP contribution in [0.1, 0.15) is 12.5 Å². The lowest BCUT2D eigenvalue weighted by Gasteiger charge is -2.19. The largest absolute Gasteiger partial charge is 0.486 e. The van der Waals surface area contributed by atoms with Gasteiger partial charge in [0.2, 0.25) is 0 Å². The van der Waals surface area contributed by atoms with Crippen molar-refractivity contribution in [2.75, 3.05) is 18.5 Å². The Morgan fingerprint density at radius 1 is 1.18 bits per heavy atom. The number of fused-ring (bicyclic) bond motifs is 1. The number of esters is 1. The number of carbonyl (C=O) groups is 2. The average molecular weight is 450 g/mol. The van der Waals surface area contributed by atoms with Gasteiger partial charge in [0.25, 0.3) is 5.91 Å². The number of benzene rings is 2. The van der Waals surface area contributed by atoms with E-state index in [1.54, 1.807) is 24.3 Å². The summed E-state index contributed by atoms with van der Waals surface area (Å²) in [6, 6.07) is 9.34. The van der Waals surface area contributed by atoms with Crippen LogP contribution in [0.2, 0.25) is 0 Å². The molecule has 0 saturated heterocycles. The van der Waals surface area contributed by atoms with E-state index in [9.17, 15) is 14.0 Å². The summed E-state index contributed by atoms with van der Waals surface area (Å²) >= 11 is 3.23. The molecule has 0 aliphatic carbocycles. The number of rotatable bonds is 5. The van der Waals surface area contributed by atoms with E-state index in [0.717, 1.165) is 6.08 Å². The zero-order chi connectivity index (χ0) is 20.1. The van der Waals surface area contributed by atoms with E-state index in [1.807, 2.05) is 0 Å². The molecule has 1 aliphatic rings. The van der Waals surface area contributed by atoms with Crippen molar-refractivity contribution in [3.63, 3.8) is 0 Å². The number of amides is 1. The Bertz CT molecular complexity index is 931. The lowest BCUT2D eigenvalue weighted by molar-refractivity contribution is -0.148. The molecule has 8 heteroatoms. The molecule has 146 valence electrons. The predicted octanol–water partition coefficient (Wildman–Crippen LogP) is 3.94. The van der Waals surface area contributed by atoms with Gasteiger partial charge in [0, 0.05) is 27.9 Å². The summed E-state index contributed by atoms with van der Waals surface area (Å²) in [6.45, 7) is 2.35. The van der Waals surface area contributed by atoms with E-state index in [0.29, 0.717) is 34.9 Å². The molecule has 28 heavy (non-hydrogen) atoms. The molecule has 1 unspecified atom stereocenters. The zero-order valence-electron chi connectivity index (χ0n) is 14.9. The molecule has 3 rings (SSSR count). The summed E-state index contributed by atoms with van der Waals surface area (Å²) in [7, 11) is 0. The molecule has 2 aromatic rings. The van der Waals surface area contributed by atoms with Crippen LogP contribution in [0.5, 0.6) is 11.5 Å². The summed E-state index contributed by atoms with van der Waals surface area (Å²) in [5.74, 6) is -0.603. The van der Waals surface area contributed by atoms with Crippen LogP contribution in [0.4, 0.5) is 10.1 Å². The maximum absolute atomic E-state index is 13.7. The van der Waals surface area contributed by atoms with Gasteiger partial charge < -0.3 is 19.5 Å². The summed E-state index contributed by atoms with van der Waals surface area (Å²) in [5, 5.41) is 2.65. The molecular formula is C20H17BrFNO5. The van der Waals surface area contributed by atoms with Gasteiger partial charge in [-0.05, 0) is 43.3 Å². The van der Waals surface area contributed by atoms with E-state index < -0.39 is 23.8 Å². The van der Waals surface area contributed by atoms with Crippen LogP contribution in [-0.2, 0) is 14.3 Å². The Morgan fingerprint density at radius 2 is 1.93 bits per heavy atom. The number of halogens is 2. The Labute approximate surface area is 169 Å². The number of nitrogens with one attached hydrogen (secondary N) is 1. The summed E-state index contributed by atoms with van der Waals surface area (Å²) in [4.78, 5) is 24.2. The minimum absolute atomic E-state index is 0.222. The Balaban J connectivity index is 1.57. The van der Waals surface area contributed by atoms with Gasteiger partial charge in [-0.25, -0.2) is 9.18 Å². The van der Waals surface area contributed by atoms with Gasteiger partial charge in [0.1, 0.15) is 19.0 Å². The van der Waals surface area contributed by atoms with Crippen LogP contribution < -0.4 is 14.8 Å². The fourth-order valence-electron chi connectivity index (χ4n) is 2.43. The van der Waals surface area contributed by atoms with Crippen LogP contribution in [-0.4, -0.2) is 31.2 Å². The third-order valence-electron chi connectivity index (χ3n) is 3.83. The maximum atomic E-state index is 13.7. The first-order valence-corrected chi connectivity index (χ1v) is 9.26. The molecule has 1 atom stereocenters. The second kappa shape index (κ2) is 8.88. The Hall–Kier alpha value is -2.87. The molecule has 1 aliphatic heterocycles. The number of ether oxygens (including phenoxy) is 3. The molecule has 0 saturated carbocycles. The summed E-state index contributed by atoms with van der Waals surface area (Å²) < 4.78 is 30.3. The van der Waals surface area contributed by atoms with Crippen LogP contribution >= 0.6 is 15.9 Å². The van der Waals surface area contributed by atoms with Crippen molar-refractivity contribution in [1.29, 1.82) is 0 Å². The van der Waals surface area contributed by atoms with Crippen molar-refractivity contribution in [2.45, 2.75) is 13.0 Å². The molecule has 1 amide bonds. The highest BCUT2D eigenvalue weighted by atomic mass is 79.9. The minimum atomic E-state index is -1.04. The normalized spacial score (nSPS) is 13.8. The Kier molecular flexibility index (Phi) is 6.30. The van der Waals surface area contributed by atoms with Crippen molar-refractivity contribution in [3.8, 4) is 11.5 Å². The second-order valence-corrected chi connectivity index (χ2v) is 6.84. The van der Waals surface area contributed by atoms with E-state index in [4.69, 9.17) is 14.2 Å². The summed E-state index contributed by atoms with van der Waals surface area (Å²) in [5.41, 5.74) is 0.712. The smallest absolute Gasteiger partial charge is 0.331 e. The van der Waals surface area contributed by atoms with Gasteiger partial charge in [-0.1, -0.05) is 15.9 Å². The van der Waals surface area contributed by atoms with Crippen molar-refractivity contribution < 1.29 is 28.2 Å². The molecule has 0 spiro atoms. The van der Waals surface area contributed by atoms with Crippen LogP contribution in [0.25, 0.3) is 6.08 Å². The van der Waals surface area contributed by atoms with E-state index >= 15 is 0 Å². The van der Waals surface area contributed by atoms with Gasteiger partial charge in [-0.3, -0.25) is 4.79 Å². The molecule has 0 radical (unpaired) electrons. The number of anilines is 1. The summed E-state index contributed by atoms with van der Waals surface area (Å²) in [6.07, 6.45) is 1.31. The number of hydrogen-bond acceptors (Lipinski definition) is 5. The molecule has 0 fully saturated rings. The van der Waals surface area contributed by atoms with Crippen LogP contribution in [0, 0.1) is 5.82 Å². The van der Waals surface area contributed by atoms with Crippen molar-refractivity contribution >= 4 is 39.6 Å². The van der Waals surface area contributed by atoms with Gasteiger partial charge in [-0.2, -0.15) is 0 Å².